The van der Waals surface area contributed by atoms with Crippen molar-refractivity contribution >= 4 is 33.7 Å². The molecule has 102 valence electrons. The summed E-state index contributed by atoms with van der Waals surface area (Å²) >= 11 is 2.60. The van der Waals surface area contributed by atoms with E-state index in [0.29, 0.717) is 12.1 Å². The Morgan fingerprint density at radius 1 is 1.42 bits per heavy atom. The van der Waals surface area contributed by atoms with E-state index in [4.69, 9.17) is 5.11 Å². The lowest BCUT2D eigenvalue weighted by Crippen LogP contribution is -2.10. The van der Waals surface area contributed by atoms with Crippen LogP contribution in [0.2, 0.25) is 0 Å². The highest BCUT2D eigenvalue weighted by Gasteiger charge is 2.40. The molecule has 0 atom stereocenters. The zero-order chi connectivity index (χ0) is 14.8. The van der Waals surface area contributed by atoms with Crippen molar-refractivity contribution in [3.8, 4) is 0 Å². The van der Waals surface area contributed by atoms with E-state index in [2.05, 4.69) is 15.9 Å². The molecular weight excluding hydrogens is 335 g/mol. The maximum absolute atomic E-state index is 12.7. The Hall–Kier alpha value is -1.90. The van der Waals surface area contributed by atoms with Crippen LogP contribution in [0.1, 0.15) is 11.1 Å². The monoisotopic (exact) mass is 339 g/mol. The molecule has 19 heavy (non-hydrogen) atoms. The quantitative estimate of drug-likeness (QED) is 0.519. The molecule has 0 saturated heterocycles. The minimum atomic E-state index is -4.89. The highest BCUT2D eigenvalue weighted by molar-refractivity contribution is 9.10. The van der Waals surface area contributed by atoms with Gasteiger partial charge in [-0.3, -0.25) is 10.1 Å². The second-order valence-corrected chi connectivity index (χ2v) is 4.18. The Morgan fingerprint density at radius 3 is 2.42 bits per heavy atom. The van der Waals surface area contributed by atoms with Crippen molar-refractivity contribution in [1.29, 1.82) is 0 Å². The number of hydrogen-bond acceptors (Lipinski definition) is 3. The molecule has 1 aromatic rings. The summed E-state index contributed by atoms with van der Waals surface area (Å²) in [6.07, 6.45) is -3.27. The van der Waals surface area contributed by atoms with Crippen LogP contribution in [0.5, 0.6) is 0 Å². The third kappa shape index (κ3) is 3.78. The van der Waals surface area contributed by atoms with Crippen LogP contribution in [-0.4, -0.2) is 16.0 Å². The smallest absolute Gasteiger partial charge is 0.424 e. The van der Waals surface area contributed by atoms with E-state index in [9.17, 15) is 28.1 Å². The van der Waals surface area contributed by atoms with Crippen LogP contribution in [0.15, 0.2) is 22.7 Å². The number of carbonyl (C=O) groups is 1. The Kier molecular flexibility index (Phi) is 4.30. The number of nitro groups is 1. The molecule has 5 nitrogen and oxygen atoms in total. The summed E-state index contributed by atoms with van der Waals surface area (Å²) < 4.78 is 37.5. The third-order valence-corrected chi connectivity index (χ3v) is 2.62. The molecule has 0 bridgehead atoms. The molecule has 0 aliphatic carbocycles. The van der Waals surface area contributed by atoms with E-state index in [1.54, 1.807) is 0 Å². The minimum Gasteiger partial charge on any atom is -0.478 e. The second kappa shape index (κ2) is 5.39. The molecule has 0 aliphatic rings. The lowest BCUT2D eigenvalue weighted by atomic mass is 10.1. The number of carboxylic acid groups (broad SMARTS) is 1. The normalized spacial score (nSPS) is 11.8. The van der Waals surface area contributed by atoms with Gasteiger partial charge in [0.15, 0.2) is 0 Å². The van der Waals surface area contributed by atoms with Gasteiger partial charge in [-0.05, 0) is 33.6 Å². The minimum absolute atomic E-state index is 0.0334. The van der Waals surface area contributed by atoms with Gasteiger partial charge >= 0.3 is 12.1 Å². The van der Waals surface area contributed by atoms with E-state index in [-0.39, 0.29) is 5.56 Å². The molecule has 9 heteroatoms. The van der Waals surface area contributed by atoms with E-state index < -0.39 is 32.8 Å². The maximum Gasteiger partial charge on any atom is 0.424 e. The maximum atomic E-state index is 12.7. The third-order valence-electron chi connectivity index (χ3n) is 1.99. The summed E-state index contributed by atoms with van der Waals surface area (Å²) in [6, 6.07) is 1.61. The van der Waals surface area contributed by atoms with Crippen LogP contribution in [0.4, 0.5) is 18.9 Å². The zero-order valence-corrected chi connectivity index (χ0v) is 10.5. The summed E-state index contributed by atoms with van der Waals surface area (Å²) in [6.45, 7) is 0. The molecule has 0 heterocycles. The predicted octanol–water partition coefficient (Wildman–Crippen LogP) is 3.47. The summed E-state index contributed by atoms with van der Waals surface area (Å²) in [5.41, 5.74) is -2.59. The molecule has 0 aromatic heterocycles. The van der Waals surface area contributed by atoms with E-state index in [1.165, 1.54) is 0 Å². The topological polar surface area (TPSA) is 80.4 Å². The molecule has 1 N–H and O–H groups in total. The number of halogens is 4. The van der Waals surface area contributed by atoms with Gasteiger partial charge in [0.2, 0.25) is 0 Å². The van der Waals surface area contributed by atoms with Crippen molar-refractivity contribution in [2.75, 3.05) is 0 Å². The summed E-state index contributed by atoms with van der Waals surface area (Å²) in [5, 5.41) is 19.0. The average molecular weight is 340 g/mol. The molecular formula is C10H5BrF3NO4. The molecule has 0 fully saturated rings. The van der Waals surface area contributed by atoms with Crippen molar-refractivity contribution in [3.05, 3.63) is 43.9 Å². The summed E-state index contributed by atoms with van der Waals surface area (Å²) in [4.78, 5) is 19.8. The summed E-state index contributed by atoms with van der Waals surface area (Å²) in [7, 11) is 0. The predicted molar refractivity (Wildman–Crippen MR) is 62.5 cm³/mol. The van der Waals surface area contributed by atoms with E-state index in [0.717, 1.165) is 12.1 Å². The first-order chi connectivity index (χ1) is 8.62. The first-order valence-electron chi connectivity index (χ1n) is 4.59. The lowest BCUT2D eigenvalue weighted by molar-refractivity contribution is -0.388. The number of alkyl halides is 3. The number of benzene rings is 1. The number of aliphatic carboxylic acids is 1. The SMILES string of the molecule is O=C(O)/C=C/c1cc(Br)c(C(F)(F)F)c([N+](=O)[O-])c1. The van der Waals surface area contributed by atoms with Crippen molar-refractivity contribution in [1.82, 2.24) is 0 Å². The number of rotatable bonds is 3. The molecule has 0 amide bonds. The number of carboxylic acids is 1. The fourth-order valence-corrected chi connectivity index (χ4v) is 1.99. The van der Waals surface area contributed by atoms with Crippen molar-refractivity contribution in [3.63, 3.8) is 0 Å². The van der Waals surface area contributed by atoms with Crippen molar-refractivity contribution < 1.29 is 28.0 Å². The standard InChI is InChI=1S/C10H5BrF3NO4/c11-6-3-5(1-2-8(16)17)4-7(15(18)19)9(6)10(12,13)14/h1-4H,(H,16,17)/b2-1+. The molecule has 0 aliphatic heterocycles. The molecule has 0 spiro atoms. The van der Waals surface area contributed by atoms with Gasteiger partial charge in [-0.1, -0.05) is 0 Å². The molecule has 1 aromatic carbocycles. The molecule has 0 unspecified atom stereocenters. The van der Waals surface area contributed by atoms with Crippen LogP contribution in [-0.2, 0) is 11.0 Å². The number of nitro benzene ring substituents is 1. The molecule has 0 radical (unpaired) electrons. The zero-order valence-electron chi connectivity index (χ0n) is 8.94. The Labute approximate surface area is 112 Å². The first-order valence-corrected chi connectivity index (χ1v) is 5.38. The molecule has 0 saturated carbocycles. The largest absolute Gasteiger partial charge is 0.478 e. The van der Waals surface area contributed by atoms with Crippen LogP contribution < -0.4 is 0 Å². The Morgan fingerprint density at radius 2 is 2.00 bits per heavy atom. The molecule has 1 rings (SSSR count). The fourth-order valence-electron chi connectivity index (χ4n) is 1.30. The van der Waals surface area contributed by atoms with E-state index >= 15 is 0 Å². The van der Waals surface area contributed by atoms with Gasteiger partial charge in [0, 0.05) is 16.6 Å². The lowest BCUT2D eigenvalue weighted by Gasteiger charge is -2.10. The van der Waals surface area contributed by atoms with Gasteiger partial charge in [-0.25, -0.2) is 4.79 Å². The van der Waals surface area contributed by atoms with Crippen LogP contribution in [0, 0.1) is 10.1 Å². The second-order valence-electron chi connectivity index (χ2n) is 3.32. The van der Waals surface area contributed by atoms with Gasteiger partial charge < -0.3 is 5.11 Å². The number of nitrogens with zero attached hydrogens (tertiary/aromatic N) is 1. The van der Waals surface area contributed by atoms with E-state index in [1.807, 2.05) is 0 Å². The van der Waals surface area contributed by atoms with Gasteiger partial charge in [-0.2, -0.15) is 13.2 Å². The van der Waals surface area contributed by atoms with Crippen LogP contribution in [0.3, 0.4) is 0 Å². The Balaban J connectivity index is 3.46. The highest BCUT2D eigenvalue weighted by Crippen LogP contribution is 2.41. The van der Waals surface area contributed by atoms with Crippen LogP contribution >= 0.6 is 15.9 Å². The average Bonchev–Trinajstić information content (AvgIpc) is 2.23. The van der Waals surface area contributed by atoms with Crippen molar-refractivity contribution in [2.24, 2.45) is 0 Å². The fraction of sp³-hybridized carbons (Fsp3) is 0.100. The van der Waals surface area contributed by atoms with Gasteiger partial charge in [0.25, 0.3) is 5.69 Å². The summed E-state index contributed by atoms with van der Waals surface area (Å²) in [5.74, 6) is -1.32. The van der Waals surface area contributed by atoms with Crippen LogP contribution in [0.25, 0.3) is 6.08 Å². The number of hydrogen-bond donors (Lipinski definition) is 1. The first kappa shape index (κ1) is 15.2. The Bertz CT molecular complexity index is 569. The van der Waals surface area contributed by atoms with Crippen molar-refractivity contribution in [2.45, 2.75) is 6.18 Å². The highest BCUT2D eigenvalue weighted by atomic mass is 79.9. The van der Waals surface area contributed by atoms with Gasteiger partial charge in [0.1, 0.15) is 5.56 Å². The van der Waals surface area contributed by atoms with Gasteiger partial charge in [0.05, 0.1) is 4.92 Å². The van der Waals surface area contributed by atoms with Gasteiger partial charge in [-0.15, -0.1) is 0 Å².